The molecule has 7 aromatic rings. The van der Waals surface area contributed by atoms with E-state index in [0.29, 0.717) is 78.1 Å². The lowest BCUT2D eigenvalue weighted by atomic mass is 9.81. The van der Waals surface area contributed by atoms with Crippen LogP contribution in [0.5, 0.6) is 11.5 Å². The van der Waals surface area contributed by atoms with Crippen LogP contribution in [0, 0.1) is 12.7 Å². The molecule has 0 radical (unpaired) electrons. The highest BCUT2D eigenvalue weighted by molar-refractivity contribution is 5.94. The van der Waals surface area contributed by atoms with Gasteiger partial charge in [-0.3, -0.25) is 24.0 Å². The number of primary amides is 1. The lowest BCUT2D eigenvalue weighted by Crippen LogP contribution is -2.44. The predicted molar refractivity (Wildman–Crippen MR) is 283 cm³/mol. The first-order valence-corrected chi connectivity index (χ1v) is 26.1. The number of ether oxygens (including phenoxy) is 2. The van der Waals surface area contributed by atoms with Crippen LogP contribution in [0.3, 0.4) is 0 Å². The van der Waals surface area contributed by atoms with Gasteiger partial charge in [-0.25, -0.2) is 19.0 Å². The van der Waals surface area contributed by atoms with Gasteiger partial charge in [-0.15, -0.1) is 10.2 Å². The zero-order chi connectivity index (χ0) is 54.2. The van der Waals surface area contributed by atoms with E-state index in [0.717, 1.165) is 52.8 Å². The normalized spacial score (nSPS) is 18.1. The third kappa shape index (κ3) is 9.14. The van der Waals surface area contributed by atoms with E-state index in [9.17, 15) is 34.5 Å². The molecule has 6 N–H and O–H groups in total. The van der Waals surface area contributed by atoms with Crippen LogP contribution in [0.2, 0.25) is 0 Å². The second-order valence-corrected chi connectivity index (χ2v) is 21.2. The van der Waals surface area contributed by atoms with Gasteiger partial charge in [-0.1, -0.05) is 57.2 Å². The molecule has 3 aliphatic heterocycles. The fourth-order valence-electron chi connectivity index (χ4n) is 11.7. The van der Waals surface area contributed by atoms with Crippen molar-refractivity contribution >= 4 is 28.9 Å². The second-order valence-electron chi connectivity index (χ2n) is 21.2. The van der Waals surface area contributed by atoms with Crippen molar-refractivity contribution in [2.24, 2.45) is 5.73 Å². The monoisotopic (exact) mass is 1050 g/mol. The molecule has 4 aromatic carbocycles. The van der Waals surface area contributed by atoms with Crippen LogP contribution in [-0.2, 0) is 59.1 Å². The summed E-state index contributed by atoms with van der Waals surface area (Å²) in [5.74, 6) is -2.16. The second kappa shape index (κ2) is 19.9. The SMILES string of the molecule is CC[C@@]1(O)C(=O)OCc2c1cc1n(c2=O)Cc2c-1nc1cc(F)c(C)c3c1c2[C@@H](NC(=O)OC1CCN(Cc2ccc(CN(C)Cc4ccc(-n5c(C(N)=O)nnc5-c5cc(C(C)C)c(O)cc5O)cc4)cc2)CC1)CC3. The van der Waals surface area contributed by atoms with Crippen molar-refractivity contribution in [3.63, 3.8) is 0 Å². The number of hydrogen-bond donors (Lipinski definition) is 5. The number of nitrogens with zero attached hydrogens (tertiary/aromatic N) is 7. The maximum atomic E-state index is 15.5. The number of rotatable bonds is 13. The predicted octanol–water partition coefficient (Wildman–Crippen LogP) is 7.42. The lowest BCUT2D eigenvalue weighted by molar-refractivity contribution is -0.172. The summed E-state index contributed by atoms with van der Waals surface area (Å²) in [6.07, 6.45) is 1.45. The zero-order valence-electron chi connectivity index (χ0n) is 43.5. The Bertz CT molecular complexity index is 3610. The molecular formula is C58H60FN9O9. The molecule has 2 amide bonds. The number of amides is 2. The fraction of sp³-hybridized carbons (Fsp3) is 0.362. The third-order valence-corrected chi connectivity index (χ3v) is 15.9. The molecule has 3 aromatic heterocycles. The first-order valence-electron chi connectivity index (χ1n) is 26.1. The molecule has 11 rings (SSSR count). The van der Waals surface area contributed by atoms with Crippen LogP contribution < -0.4 is 16.6 Å². The van der Waals surface area contributed by atoms with Gasteiger partial charge >= 0.3 is 12.1 Å². The number of likely N-dealkylation sites (tertiary alicyclic amines) is 1. The summed E-state index contributed by atoms with van der Waals surface area (Å²) < 4.78 is 29.9. The van der Waals surface area contributed by atoms with Gasteiger partial charge in [0.25, 0.3) is 11.5 Å². The molecule has 18 nitrogen and oxygen atoms in total. The summed E-state index contributed by atoms with van der Waals surface area (Å²) >= 11 is 0. The number of pyridine rings is 2. The van der Waals surface area contributed by atoms with E-state index in [2.05, 4.69) is 49.6 Å². The van der Waals surface area contributed by atoms with Crippen molar-refractivity contribution in [3.8, 4) is 40.0 Å². The Balaban J connectivity index is 0.704. The van der Waals surface area contributed by atoms with E-state index in [1.807, 2.05) is 45.2 Å². The highest BCUT2D eigenvalue weighted by atomic mass is 19.1. The summed E-state index contributed by atoms with van der Waals surface area (Å²) in [5, 5.41) is 44.8. The van der Waals surface area contributed by atoms with Crippen molar-refractivity contribution in [2.45, 2.75) is 116 Å². The number of nitrogens with one attached hydrogen (secondary N) is 1. The van der Waals surface area contributed by atoms with Gasteiger partial charge in [0.15, 0.2) is 11.4 Å². The van der Waals surface area contributed by atoms with Crippen LogP contribution in [0.1, 0.15) is 125 Å². The Labute approximate surface area is 442 Å². The van der Waals surface area contributed by atoms with E-state index in [1.54, 1.807) is 30.5 Å². The van der Waals surface area contributed by atoms with E-state index in [1.165, 1.54) is 22.3 Å². The number of phenolic OH excluding ortho intramolecular Hbond substituents is 2. The number of aromatic nitrogens is 5. The average molecular weight is 1050 g/mol. The molecule has 2 atom stereocenters. The van der Waals surface area contributed by atoms with Crippen LogP contribution >= 0.6 is 0 Å². The van der Waals surface area contributed by atoms with Gasteiger partial charge in [-0.2, -0.15) is 0 Å². The number of hydrogen-bond acceptors (Lipinski definition) is 14. The molecule has 1 fully saturated rings. The molecule has 0 unspecified atom stereocenters. The number of carbonyl (C=O) groups excluding carboxylic acids is 3. The molecule has 77 heavy (non-hydrogen) atoms. The lowest BCUT2D eigenvalue weighted by Gasteiger charge is -2.33. The Hall–Kier alpha value is -8.00. The number of cyclic esters (lactones) is 1. The first-order chi connectivity index (χ1) is 36.9. The highest BCUT2D eigenvalue weighted by Crippen LogP contribution is 2.46. The topological polar surface area (TPSA) is 240 Å². The van der Waals surface area contributed by atoms with Gasteiger partial charge in [0.05, 0.1) is 40.6 Å². The number of fused-ring (bicyclic) bond motifs is 5. The number of aromatic hydroxyl groups is 2. The van der Waals surface area contributed by atoms with Gasteiger partial charge < -0.3 is 40.4 Å². The van der Waals surface area contributed by atoms with Crippen LogP contribution in [-0.4, -0.2) is 93.6 Å². The van der Waals surface area contributed by atoms with E-state index >= 15 is 4.39 Å². The van der Waals surface area contributed by atoms with E-state index in [4.69, 9.17) is 20.2 Å². The minimum absolute atomic E-state index is 0.000255. The van der Waals surface area contributed by atoms with Gasteiger partial charge in [0.1, 0.15) is 30.0 Å². The van der Waals surface area contributed by atoms with Crippen molar-refractivity contribution in [1.29, 1.82) is 0 Å². The number of esters is 1. The highest BCUT2D eigenvalue weighted by Gasteiger charge is 2.46. The number of piperidine rings is 1. The summed E-state index contributed by atoms with van der Waals surface area (Å²) in [6, 6.07) is 21.6. The van der Waals surface area contributed by atoms with Crippen molar-refractivity contribution in [1.82, 2.24) is 39.4 Å². The Kier molecular flexibility index (Phi) is 13.2. The fourth-order valence-corrected chi connectivity index (χ4v) is 11.7. The largest absolute Gasteiger partial charge is 0.508 e. The number of benzene rings is 4. The Morgan fingerprint density at radius 2 is 1.62 bits per heavy atom. The Morgan fingerprint density at radius 3 is 2.30 bits per heavy atom. The maximum absolute atomic E-state index is 15.5. The van der Waals surface area contributed by atoms with Crippen molar-refractivity contribution < 1.29 is 43.6 Å². The molecule has 398 valence electrons. The standard InChI is InChI=1S/C58H60FN9O9/c1-6-58(75)42-22-46-51-40(28-67(46)55(72)41(42)29-76-56(58)73)50-44(16-15-37-31(4)43(59)23-45(61-51)49(37)50)62-57(74)77-36-17-19-66(20-18-36)27-34-9-7-32(8-10-34)25-65(5)26-33-11-13-35(14-12-33)68-53(63-64-54(68)52(60)71)39-21-38(30(2)3)47(69)24-48(39)70/h7-14,21-24,30,36,44,69-70,75H,6,15-20,25-29H2,1-5H3,(H2,60,71)(H,62,74)/t44-,58-/m0/s1. The first kappa shape index (κ1) is 51.1. The smallest absolute Gasteiger partial charge is 0.407 e. The minimum atomic E-state index is -2.00. The van der Waals surface area contributed by atoms with Crippen LogP contribution in [0.25, 0.3) is 39.4 Å². The van der Waals surface area contributed by atoms with Gasteiger partial charge in [0.2, 0.25) is 5.82 Å². The Morgan fingerprint density at radius 1 is 0.935 bits per heavy atom. The number of nitrogens with two attached hydrogens (primary N) is 1. The molecule has 0 spiro atoms. The van der Waals surface area contributed by atoms with E-state index < -0.39 is 41.0 Å². The number of carbonyl (C=O) groups is 3. The van der Waals surface area contributed by atoms with Crippen molar-refractivity contribution in [2.75, 3.05) is 20.1 Å². The number of alkyl carbamates (subject to hydrolysis) is 1. The molecule has 6 heterocycles. The summed E-state index contributed by atoms with van der Waals surface area (Å²) in [5.41, 5.74) is 12.6. The van der Waals surface area contributed by atoms with E-state index in [-0.39, 0.29) is 65.9 Å². The van der Waals surface area contributed by atoms with Crippen LogP contribution in [0.4, 0.5) is 9.18 Å². The van der Waals surface area contributed by atoms with Crippen molar-refractivity contribution in [3.05, 3.63) is 150 Å². The molecule has 0 bridgehead atoms. The minimum Gasteiger partial charge on any atom is -0.508 e. The van der Waals surface area contributed by atoms with Gasteiger partial charge in [-0.05, 0) is 115 Å². The number of halogens is 1. The maximum Gasteiger partial charge on any atom is 0.407 e. The number of aliphatic hydroxyl groups is 1. The molecular weight excluding hydrogens is 986 g/mol. The molecule has 4 aliphatic rings. The average Bonchev–Trinajstić information content (AvgIpc) is 4.19. The van der Waals surface area contributed by atoms with Crippen LogP contribution in [0.15, 0.2) is 77.6 Å². The summed E-state index contributed by atoms with van der Waals surface area (Å²) in [4.78, 5) is 62.6. The molecule has 19 heteroatoms. The zero-order valence-corrected chi connectivity index (χ0v) is 43.5. The summed E-state index contributed by atoms with van der Waals surface area (Å²) in [7, 11) is 2.04. The molecule has 0 saturated carbocycles. The molecule has 1 saturated heterocycles. The third-order valence-electron chi connectivity index (χ3n) is 15.9. The summed E-state index contributed by atoms with van der Waals surface area (Å²) in [6.45, 7) is 10.7. The number of aryl methyl sites for hydroxylation is 1. The number of phenols is 2. The van der Waals surface area contributed by atoms with Gasteiger partial charge in [0, 0.05) is 67.1 Å². The molecule has 1 aliphatic carbocycles. The quantitative estimate of drug-likeness (QED) is 0.0707.